The Bertz CT molecular complexity index is 1880. The van der Waals surface area contributed by atoms with Crippen molar-refractivity contribution >= 4 is 45.8 Å². The van der Waals surface area contributed by atoms with Crippen molar-refractivity contribution in [3.8, 4) is 22.3 Å². The number of methoxy groups -OCH3 is 1. The van der Waals surface area contributed by atoms with Gasteiger partial charge in [-0.25, -0.2) is 18.4 Å². The Kier molecular flexibility index (Phi) is 20.3. The SMILES string of the molecule is COC(=O)c1c[nH]cc(-c2ccc(F)cc2)c1=O.Cl.ClCCN1CCOCC1.O=C(O)c1cn(CCN2CCOCC2)cc(-c2ccc(F)cc2)c1=O.[PH2-]. The Morgan fingerprint density at radius 1 is 0.759 bits per heavy atom. The Morgan fingerprint density at radius 2 is 1.24 bits per heavy atom. The molecule has 0 amide bonds. The van der Waals surface area contributed by atoms with E-state index >= 15 is 0 Å². The highest BCUT2D eigenvalue weighted by Gasteiger charge is 2.17. The zero-order valence-electron chi connectivity index (χ0n) is 29.7. The first-order valence-corrected chi connectivity index (χ1v) is 17.1. The largest absolute Gasteiger partial charge is 0.577 e. The van der Waals surface area contributed by atoms with Gasteiger partial charge in [0.15, 0.2) is 0 Å². The van der Waals surface area contributed by atoms with Gasteiger partial charge in [-0.1, -0.05) is 24.3 Å². The highest BCUT2D eigenvalue weighted by atomic mass is 35.5. The molecule has 0 saturated carbocycles. The number of aromatic carboxylic acids is 1. The van der Waals surface area contributed by atoms with E-state index in [2.05, 4.69) is 19.5 Å². The number of nitrogens with one attached hydrogen (secondary N) is 1. The van der Waals surface area contributed by atoms with Gasteiger partial charge in [0.25, 0.3) is 0 Å². The van der Waals surface area contributed by atoms with E-state index in [1.807, 2.05) is 0 Å². The Morgan fingerprint density at radius 3 is 1.72 bits per heavy atom. The van der Waals surface area contributed by atoms with Crippen LogP contribution in [0.15, 0.2) is 82.9 Å². The van der Waals surface area contributed by atoms with Crippen molar-refractivity contribution in [2.45, 2.75) is 6.54 Å². The van der Waals surface area contributed by atoms with Crippen LogP contribution in [0, 0.1) is 11.6 Å². The van der Waals surface area contributed by atoms with E-state index in [1.165, 1.54) is 74.2 Å². The van der Waals surface area contributed by atoms with E-state index < -0.39 is 28.6 Å². The van der Waals surface area contributed by atoms with Crippen LogP contribution in [0.4, 0.5) is 8.78 Å². The van der Waals surface area contributed by atoms with Crippen molar-refractivity contribution in [1.29, 1.82) is 0 Å². The van der Waals surface area contributed by atoms with Gasteiger partial charge in [0, 0.05) is 87.6 Å². The van der Waals surface area contributed by atoms with E-state index in [1.54, 1.807) is 10.8 Å². The van der Waals surface area contributed by atoms with E-state index in [9.17, 15) is 33.1 Å². The second-order valence-corrected chi connectivity index (χ2v) is 12.0. The summed E-state index contributed by atoms with van der Waals surface area (Å²) in [6.07, 6.45) is 5.73. The summed E-state index contributed by atoms with van der Waals surface area (Å²) >= 11 is 5.55. The molecule has 0 bridgehead atoms. The number of nitrogens with zero attached hydrogens (tertiary/aromatic N) is 3. The molecule has 2 saturated heterocycles. The zero-order valence-corrected chi connectivity index (χ0v) is 32.4. The number of carboxylic acids is 1. The van der Waals surface area contributed by atoms with Crippen LogP contribution in [-0.2, 0) is 20.8 Å². The van der Waals surface area contributed by atoms with E-state index in [-0.39, 0.29) is 50.4 Å². The number of pyridine rings is 2. The topological polar surface area (TPSA) is 143 Å². The molecule has 294 valence electrons. The maximum absolute atomic E-state index is 13.1. The standard InChI is InChI=1S/C18H19FN2O4.C13H10FNO3.C6H12ClNO.ClH.H2P/c19-14-3-1-13(2-4-14)15-11-21(12-16(17(15)22)18(23)24)6-5-20-7-9-25-10-8-20;1-18-13(17)11-7-15-6-10(12(11)16)8-2-4-9(14)5-3-8;7-1-2-8-3-5-9-6-4-8;;/h1-4,11-12H,5-10H2,(H,23,24);2-7H,1H3,(H,15,16);1-6H2;1H;1H2/q;;;;-1. The third kappa shape index (κ3) is 13.7. The predicted octanol–water partition coefficient (Wildman–Crippen LogP) is 4.96. The molecular formula is C37H44Cl2F2N4O8P-. The normalized spacial score (nSPS) is 14.1. The summed E-state index contributed by atoms with van der Waals surface area (Å²) < 4.78 is 42.6. The van der Waals surface area contributed by atoms with Crippen molar-refractivity contribution in [3.05, 3.63) is 117 Å². The zero-order chi connectivity index (χ0) is 37.5. The molecule has 0 unspecified atom stereocenters. The van der Waals surface area contributed by atoms with Crippen LogP contribution < -0.4 is 10.9 Å². The van der Waals surface area contributed by atoms with Gasteiger partial charge in [-0.15, -0.1) is 24.0 Å². The average Bonchev–Trinajstić information content (AvgIpc) is 3.16. The number of morpholine rings is 2. The molecule has 4 aromatic rings. The molecule has 2 aliphatic rings. The molecule has 12 nitrogen and oxygen atoms in total. The highest BCUT2D eigenvalue weighted by molar-refractivity contribution is 6.92. The number of alkyl halides is 1. The number of aromatic nitrogens is 2. The molecule has 0 aliphatic carbocycles. The number of ether oxygens (including phenoxy) is 3. The predicted molar refractivity (Wildman–Crippen MR) is 209 cm³/mol. The molecule has 2 aromatic heterocycles. The van der Waals surface area contributed by atoms with Crippen molar-refractivity contribution in [1.82, 2.24) is 19.4 Å². The Hall–Kier alpha value is -4.01. The Labute approximate surface area is 326 Å². The third-order valence-corrected chi connectivity index (χ3v) is 8.42. The quantitative estimate of drug-likeness (QED) is 0.135. The number of carboxylic acid groups (broad SMARTS) is 1. The summed E-state index contributed by atoms with van der Waals surface area (Å²) in [5.41, 5.74) is 0.176. The number of benzene rings is 2. The third-order valence-electron chi connectivity index (χ3n) is 8.25. The van der Waals surface area contributed by atoms with Crippen molar-refractivity contribution in [2.75, 3.05) is 78.7 Å². The van der Waals surface area contributed by atoms with E-state index in [4.69, 9.17) is 21.1 Å². The molecule has 2 aromatic carbocycles. The lowest BCUT2D eigenvalue weighted by Crippen LogP contribution is -2.38. The highest BCUT2D eigenvalue weighted by Crippen LogP contribution is 2.18. The molecule has 54 heavy (non-hydrogen) atoms. The summed E-state index contributed by atoms with van der Waals surface area (Å²) in [5, 5.41) is 9.32. The lowest BCUT2D eigenvalue weighted by Gasteiger charge is -2.27. The second-order valence-electron chi connectivity index (χ2n) is 11.7. The van der Waals surface area contributed by atoms with Crippen LogP contribution in [0.1, 0.15) is 20.7 Å². The molecule has 4 heterocycles. The number of rotatable bonds is 9. The van der Waals surface area contributed by atoms with Gasteiger partial charge in [0.1, 0.15) is 22.8 Å². The fraction of sp³-hybridized carbons (Fsp3) is 0.351. The lowest BCUT2D eigenvalue weighted by molar-refractivity contribution is 0.0363. The number of hydrogen-bond donors (Lipinski definition) is 2. The number of carbonyl (C=O) groups excluding carboxylic acids is 1. The van der Waals surface area contributed by atoms with Crippen LogP contribution in [0.3, 0.4) is 0 Å². The van der Waals surface area contributed by atoms with Crippen molar-refractivity contribution in [3.63, 3.8) is 0 Å². The molecule has 0 spiro atoms. The van der Waals surface area contributed by atoms with Gasteiger partial charge in [0.05, 0.1) is 33.5 Å². The first kappa shape index (κ1) is 46.1. The maximum Gasteiger partial charge on any atom is 0.343 e. The van der Waals surface area contributed by atoms with E-state index in [0.717, 1.165) is 58.4 Å². The summed E-state index contributed by atoms with van der Waals surface area (Å²) in [7, 11) is 1.20. The van der Waals surface area contributed by atoms with Gasteiger partial charge in [-0.2, -0.15) is 0 Å². The monoisotopic (exact) mass is 811 g/mol. The minimum atomic E-state index is -1.27. The van der Waals surface area contributed by atoms with Gasteiger partial charge in [-0.3, -0.25) is 19.4 Å². The summed E-state index contributed by atoms with van der Waals surface area (Å²) in [6, 6.07) is 10.9. The van der Waals surface area contributed by atoms with Gasteiger partial charge >= 0.3 is 11.9 Å². The number of esters is 1. The molecular weight excluding hydrogens is 768 g/mol. The van der Waals surface area contributed by atoms with Gasteiger partial charge in [-0.05, 0) is 35.4 Å². The van der Waals surface area contributed by atoms with Crippen LogP contribution in [0.25, 0.3) is 22.3 Å². The minimum absolute atomic E-state index is 0. The maximum atomic E-state index is 13.1. The van der Waals surface area contributed by atoms with E-state index in [0.29, 0.717) is 30.9 Å². The number of H-pyrrole nitrogens is 1. The van der Waals surface area contributed by atoms with Crippen LogP contribution in [-0.4, -0.2) is 115 Å². The average molecular weight is 813 g/mol. The minimum Gasteiger partial charge on any atom is -0.577 e. The lowest BCUT2D eigenvalue weighted by atomic mass is 10.0. The second kappa shape index (κ2) is 23.7. The van der Waals surface area contributed by atoms with Crippen molar-refractivity contribution in [2.24, 2.45) is 0 Å². The van der Waals surface area contributed by atoms with Crippen LogP contribution in [0.2, 0.25) is 0 Å². The van der Waals surface area contributed by atoms with Crippen molar-refractivity contribution < 1.29 is 37.7 Å². The number of aromatic amines is 1. The van der Waals surface area contributed by atoms with Crippen LogP contribution >= 0.6 is 33.9 Å². The summed E-state index contributed by atoms with van der Waals surface area (Å²) in [4.78, 5) is 54.5. The first-order chi connectivity index (χ1) is 25.1. The van der Waals surface area contributed by atoms with Gasteiger partial charge in [0.2, 0.25) is 10.9 Å². The molecule has 0 radical (unpaired) electrons. The molecule has 2 N–H and O–H groups in total. The van der Waals surface area contributed by atoms with Crippen LogP contribution in [0.5, 0.6) is 0 Å². The first-order valence-electron chi connectivity index (χ1n) is 16.6. The molecule has 6 rings (SSSR count). The molecule has 2 fully saturated rings. The molecule has 0 atom stereocenters. The smallest absolute Gasteiger partial charge is 0.343 e. The number of hydrogen-bond acceptors (Lipinski definition) is 9. The number of halogens is 4. The molecule has 17 heteroatoms. The summed E-state index contributed by atoms with van der Waals surface area (Å²) in [6.45, 7) is 9.16. The fourth-order valence-electron chi connectivity index (χ4n) is 5.36. The Balaban J connectivity index is 0.000000304. The summed E-state index contributed by atoms with van der Waals surface area (Å²) in [5.74, 6) is -2.04. The molecule has 2 aliphatic heterocycles. The number of carbonyl (C=O) groups is 2. The van der Waals surface area contributed by atoms with Gasteiger partial charge < -0.3 is 38.8 Å². The fourth-order valence-corrected chi connectivity index (χ4v) is 5.60.